The standard InChI is InChI=1S/C10H13NO2S/c12-10(8-3-5-14-7-8)11-9-2-1-4-13-6-9/h3,5,7,9H,1-2,4,6H2,(H,11,12)/t9-/m1/s1. The number of carbonyl (C=O) groups is 1. The van der Waals surface area contributed by atoms with E-state index in [1.165, 1.54) is 11.3 Å². The van der Waals surface area contributed by atoms with E-state index in [0.29, 0.717) is 6.61 Å². The normalized spacial score (nSPS) is 21.9. The van der Waals surface area contributed by atoms with E-state index in [9.17, 15) is 4.79 Å². The Morgan fingerprint density at radius 2 is 2.57 bits per heavy atom. The Hall–Kier alpha value is -0.870. The minimum absolute atomic E-state index is 0.0155. The van der Waals surface area contributed by atoms with Gasteiger partial charge in [-0.2, -0.15) is 11.3 Å². The summed E-state index contributed by atoms with van der Waals surface area (Å²) in [7, 11) is 0. The van der Waals surface area contributed by atoms with E-state index >= 15 is 0 Å². The van der Waals surface area contributed by atoms with Crippen LogP contribution in [0.1, 0.15) is 23.2 Å². The molecule has 1 aliphatic rings. The molecule has 1 aromatic heterocycles. The van der Waals surface area contributed by atoms with Crippen molar-refractivity contribution in [2.45, 2.75) is 18.9 Å². The fraction of sp³-hybridized carbons (Fsp3) is 0.500. The molecular weight excluding hydrogens is 198 g/mol. The Kier molecular flexibility index (Phi) is 3.16. The topological polar surface area (TPSA) is 38.3 Å². The third kappa shape index (κ3) is 2.33. The Bertz CT molecular complexity index is 291. The summed E-state index contributed by atoms with van der Waals surface area (Å²) in [5.74, 6) is 0.0155. The first kappa shape index (κ1) is 9.68. The van der Waals surface area contributed by atoms with E-state index in [-0.39, 0.29) is 11.9 Å². The van der Waals surface area contributed by atoms with Crippen LogP contribution in [0.4, 0.5) is 0 Å². The van der Waals surface area contributed by atoms with Crippen LogP contribution in [0, 0.1) is 0 Å². The van der Waals surface area contributed by atoms with Gasteiger partial charge in [-0.3, -0.25) is 4.79 Å². The molecule has 0 aliphatic carbocycles. The van der Waals surface area contributed by atoms with Crippen LogP contribution < -0.4 is 5.32 Å². The molecule has 76 valence electrons. The van der Waals surface area contributed by atoms with Gasteiger partial charge in [0.25, 0.3) is 5.91 Å². The minimum Gasteiger partial charge on any atom is -0.379 e. The van der Waals surface area contributed by atoms with Crippen molar-refractivity contribution < 1.29 is 9.53 Å². The lowest BCUT2D eigenvalue weighted by atomic mass is 10.1. The maximum Gasteiger partial charge on any atom is 0.252 e. The van der Waals surface area contributed by atoms with Crippen molar-refractivity contribution in [3.05, 3.63) is 22.4 Å². The zero-order valence-electron chi connectivity index (χ0n) is 7.86. The van der Waals surface area contributed by atoms with E-state index in [1.54, 1.807) is 0 Å². The number of carbonyl (C=O) groups excluding carboxylic acids is 1. The number of rotatable bonds is 2. The van der Waals surface area contributed by atoms with Crippen LogP contribution in [0.3, 0.4) is 0 Å². The molecule has 3 nitrogen and oxygen atoms in total. The van der Waals surface area contributed by atoms with E-state index in [2.05, 4.69) is 5.32 Å². The number of nitrogens with one attached hydrogen (secondary N) is 1. The summed E-state index contributed by atoms with van der Waals surface area (Å²) in [6.07, 6.45) is 2.06. The lowest BCUT2D eigenvalue weighted by Gasteiger charge is -2.22. The van der Waals surface area contributed by atoms with Crippen molar-refractivity contribution in [2.24, 2.45) is 0 Å². The molecule has 0 unspecified atom stereocenters. The van der Waals surface area contributed by atoms with Gasteiger partial charge in [0.1, 0.15) is 0 Å². The zero-order valence-corrected chi connectivity index (χ0v) is 8.68. The lowest BCUT2D eigenvalue weighted by molar-refractivity contribution is 0.0624. The van der Waals surface area contributed by atoms with E-state index in [0.717, 1.165) is 25.0 Å². The lowest BCUT2D eigenvalue weighted by Crippen LogP contribution is -2.40. The Morgan fingerprint density at radius 3 is 3.21 bits per heavy atom. The van der Waals surface area contributed by atoms with Crippen molar-refractivity contribution in [3.63, 3.8) is 0 Å². The van der Waals surface area contributed by atoms with Crippen LogP contribution in [-0.2, 0) is 4.74 Å². The Morgan fingerprint density at radius 1 is 1.64 bits per heavy atom. The molecule has 1 N–H and O–H groups in total. The third-order valence-electron chi connectivity index (χ3n) is 2.28. The van der Waals surface area contributed by atoms with Crippen molar-refractivity contribution >= 4 is 17.2 Å². The molecule has 0 aromatic carbocycles. The highest BCUT2D eigenvalue weighted by molar-refractivity contribution is 7.08. The number of thiophene rings is 1. The molecule has 1 aliphatic heterocycles. The van der Waals surface area contributed by atoms with Gasteiger partial charge in [0.2, 0.25) is 0 Å². The monoisotopic (exact) mass is 211 g/mol. The molecule has 0 saturated carbocycles. The molecule has 2 rings (SSSR count). The molecule has 2 heterocycles. The molecule has 1 atom stereocenters. The van der Waals surface area contributed by atoms with E-state index in [1.807, 2.05) is 16.8 Å². The fourth-order valence-electron chi connectivity index (χ4n) is 1.52. The number of hydrogen-bond acceptors (Lipinski definition) is 3. The van der Waals surface area contributed by atoms with Crippen LogP contribution in [0.2, 0.25) is 0 Å². The first-order valence-corrected chi connectivity index (χ1v) is 5.71. The molecular formula is C10H13NO2S. The van der Waals surface area contributed by atoms with Gasteiger partial charge in [-0.15, -0.1) is 0 Å². The summed E-state index contributed by atoms with van der Waals surface area (Å²) in [6.45, 7) is 1.47. The quantitative estimate of drug-likeness (QED) is 0.808. The fourth-order valence-corrected chi connectivity index (χ4v) is 2.15. The van der Waals surface area contributed by atoms with Crippen molar-refractivity contribution in [3.8, 4) is 0 Å². The summed E-state index contributed by atoms with van der Waals surface area (Å²) >= 11 is 1.54. The molecule has 0 spiro atoms. The SMILES string of the molecule is O=C(N[C@@H]1CCCOC1)c1ccsc1. The highest BCUT2D eigenvalue weighted by atomic mass is 32.1. The molecule has 1 aromatic rings. The molecule has 4 heteroatoms. The van der Waals surface area contributed by atoms with Gasteiger partial charge in [0.15, 0.2) is 0 Å². The number of hydrogen-bond donors (Lipinski definition) is 1. The Balaban J connectivity index is 1.87. The van der Waals surface area contributed by atoms with Crippen LogP contribution in [0.5, 0.6) is 0 Å². The van der Waals surface area contributed by atoms with Gasteiger partial charge in [-0.05, 0) is 24.3 Å². The van der Waals surface area contributed by atoms with Crippen molar-refractivity contribution in [1.82, 2.24) is 5.32 Å². The molecule has 0 bridgehead atoms. The summed E-state index contributed by atoms with van der Waals surface area (Å²) < 4.78 is 5.29. The van der Waals surface area contributed by atoms with Gasteiger partial charge >= 0.3 is 0 Å². The summed E-state index contributed by atoms with van der Waals surface area (Å²) in [5, 5.41) is 6.73. The average Bonchev–Trinajstić information content (AvgIpc) is 2.72. The smallest absolute Gasteiger partial charge is 0.252 e. The maximum atomic E-state index is 11.6. The third-order valence-corrected chi connectivity index (χ3v) is 2.96. The van der Waals surface area contributed by atoms with Gasteiger partial charge < -0.3 is 10.1 Å². The number of ether oxygens (including phenoxy) is 1. The zero-order chi connectivity index (χ0) is 9.80. The van der Waals surface area contributed by atoms with Gasteiger partial charge in [0.05, 0.1) is 12.6 Å². The van der Waals surface area contributed by atoms with Gasteiger partial charge in [0, 0.05) is 17.6 Å². The molecule has 0 radical (unpaired) electrons. The Labute approximate surface area is 87.1 Å². The molecule has 1 fully saturated rings. The second-order valence-corrected chi connectivity index (χ2v) is 4.18. The van der Waals surface area contributed by atoms with E-state index < -0.39 is 0 Å². The summed E-state index contributed by atoms with van der Waals surface area (Å²) in [4.78, 5) is 11.6. The minimum atomic E-state index is 0.0155. The van der Waals surface area contributed by atoms with Crippen LogP contribution in [0.25, 0.3) is 0 Å². The summed E-state index contributed by atoms with van der Waals surface area (Å²) in [5.41, 5.74) is 0.751. The summed E-state index contributed by atoms with van der Waals surface area (Å²) in [6, 6.07) is 2.03. The van der Waals surface area contributed by atoms with Crippen molar-refractivity contribution in [1.29, 1.82) is 0 Å². The molecule has 14 heavy (non-hydrogen) atoms. The predicted octanol–water partition coefficient (Wildman–Crippen LogP) is 1.66. The first-order chi connectivity index (χ1) is 6.86. The second kappa shape index (κ2) is 4.57. The second-order valence-electron chi connectivity index (χ2n) is 3.40. The largest absolute Gasteiger partial charge is 0.379 e. The van der Waals surface area contributed by atoms with Gasteiger partial charge in [-0.25, -0.2) is 0 Å². The first-order valence-electron chi connectivity index (χ1n) is 4.77. The predicted molar refractivity (Wildman–Crippen MR) is 55.6 cm³/mol. The van der Waals surface area contributed by atoms with Crippen LogP contribution in [0.15, 0.2) is 16.8 Å². The molecule has 1 amide bonds. The average molecular weight is 211 g/mol. The van der Waals surface area contributed by atoms with E-state index in [4.69, 9.17) is 4.74 Å². The maximum absolute atomic E-state index is 11.6. The van der Waals surface area contributed by atoms with Crippen LogP contribution >= 0.6 is 11.3 Å². The van der Waals surface area contributed by atoms with Gasteiger partial charge in [-0.1, -0.05) is 0 Å². The molecule has 1 saturated heterocycles. The number of amides is 1. The highest BCUT2D eigenvalue weighted by Crippen LogP contribution is 2.09. The van der Waals surface area contributed by atoms with Crippen LogP contribution in [-0.4, -0.2) is 25.2 Å². The van der Waals surface area contributed by atoms with Crippen molar-refractivity contribution in [2.75, 3.05) is 13.2 Å². The highest BCUT2D eigenvalue weighted by Gasteiger charge is 2.16.